The minimum atomic E-state index is -0.736. The second-order valence-corrected chi connectivity index (χ2v) is 6.07. The van der Waals surface area contributed by atoms with Crippen molar-refractivity contribution < 1.29 is 14.3 Å². The average Bonchev–Trinajstić information content (AvgIpc) is 2.72. The molecule has 0 spiro atoms. The summed E-state index contributed by atoms with van der Waals surface area (Å²) in [4.78, 5) is 12.7. The lowest BCUT2D eigenvalue weighted by Crippen LogP contribution is -2.23. The Morgan fingerprint density at radius 1 is 1.39 bits per heavy atom. The number of thiophene rings is 1. The van der Waals surface area contributed by atoms with Crippen LogP contribution in [0.5, 0.6) is 5.75 Å². The van der Waals surface area contributed by atoms with Gasteiger partial charge in [0.1, 0.15) is 17.1 Å². The lowest BCUT2D eigenvalue weighted by atomic mass is 10.1. The van der Waals surface area contributed by atoms with E-state index in [0.717, 1.165) is 14.7 Å². The molecule has 6 heteroatoms. The van der Waals surface area contributed by atoms with Crippen molar-refractivity contribution in [3.63, 3.8) is 0 Å². The highest BCUT2D eigenvalue weighted by atomic mass is 79.9. The molecule has 1 aromatic carbocycles. The summed E-state index contributed by atoms with van der Waals surface area (Å²) in [5.74, 6) is -1.73. The third kappa shape index (κ3) is 2.88. The Hall–Kier alpha value is -1.40. The van der Waals surface area contributed by atoms with Gasteiger partial charge in [-0.25, -0.2) is 4.39 Å². The topological polar surface area (TPSA) is 49.3 Å². The number of phenolic OH excluding ortho intramolecular Hbond substituents is 1. The molecule has 94 valence electrons. The van der Waals surface area contributed by atoms with E-state index in [1.807, 2.05) is 12.1 Å². The van der Waals surface area contributed by atoms with Gasteiger partial charge in [0.25, 0.3) is 5.91 Å². The highest BCUT2D eigenvalue weighted by Crippen LogP contribution is 2.23. The Balaban J connectivity index is 2.08. The zero-order valence-electron chi connectivity index (χ0n) is 9.11. The number of carbonyl (C=O) groups excluding carboxylic acids is 1. The van der Waals surface area contributed by atoms with Crippen LogP contribution in [0.25, 0.3) is 0 Å². The van der Waals surface area contributed by atoms with E-state index in [4.69, 9.17) is 0 Å². The van der Waals surface area contributed by atoms with Gasteiger partial charge >= 0.3 is 0 Å². The van der Waals surface area contributed by atoms with Crippen molar-refractivity contribution >= 4 is 33.2 Å². The predicted octanol–water partition coefficient (Wildman–Crippen LogP) is 3.29. The molecule has 0 radical (unpaired) electrons. The van der Waals surface area contributed by atoms with E-state index < -0.39 is 11.7 Å². The third-order valence-corrected chi connectivity index (χ3v) is 3.89. The lowest BCUT2D eigenvalue weighted by molar-refractivity contribution is 0.0944. The van der Waals surface area contributed by atoms with E-state index in [1.54, 1.807) is 0 Å². The molecule has 0 atom stereocenters. The second kappa shape index (κ2) is 5.49. The van der Waals surface area contributed by atoms with Gasteiger partial charge in [-0.05, 0) is 40.2 Å². The Bertz CT molecular complexity index is 565. The van der Waals surface area contributed by atoms with Crippen LogP contribution in [0.2, 0.25) is 0 Å². The molecule has 2 N–H and O–H groups in total. The SMILES string of the molecule is O=C(NCc1ccc(Br)s1)c1c(O)cccc1F. The third-order valence-electron chi connectivity index (χ3n) is 2.27. The molecule has 2 aromatic rings. The van der Waals surface area contributed by atoms with E-state index in [2.05, 4.69) is 21.2 Å². The van der Waals surface area contributed by atoms with Gasteiger partial charge in [0.05, 0.1) is 10.3 Å². The number of benzene rings is 1. The number of phenols is 1. The van der Waals surface area contributed by atoms with Gasteiger partial charge in [-0.15, -0.1) is 11.3 Å². The van der Waals surface area contributed by atoms with E-state index >= 15 is 0 Å². The normalized spacial score (nSPS) is 10.3. The monoisotopic (exact) mass is 329 g/mol. The molecule has 0 aliphatic carbocycles. The summed E-state index contributed by atoms with van der Waals surface area (Å²) in [5.41, 5.74) is -0.326. The number of halogens is 2. The van der Waals surface area contributed by atoms with Crippen LogP contribution in [-0.4, -0.2) is 11.0 Å². The highest BCUT2D eigenvalue weighted by Gasteiger charge is 2.16. The van der Waals surface area contributed by atoms with Crippen molar-refractivity contribution in [3.05, 3.63) is 50.4 Å². The molecule has 2 rings (SSSR count). The van der Waals surface area contributed by atoms with E-state index in [1.165, 1.54) is 23.5 Å². The number of aromatic hydroxyl groups is 1. The van der Waals surface area contributed by atoms with Crippen molar-refractivity contribution in [3.8, 4) is 5.75 Å². The Morgan fingerprint density at radius 3 is 2.78 bits per heavy atom. The van der Waals surface area contributed by atoms with E-state index in [9.17, 15) is 14.3 Å². The van der Waals surface area contributed by atoms with Gasteiger partial charge in [0, 0.05) is 4.88 Å². The first-order chi connectivity index (χ1) is 8.58. The standard InChI is InChI=1S/C12H9BrFNO2S/c13-10-5-4-7(18-10)6-15-12(17)11-8(14)2-1-3-9(11)16/h1-5,16H,6H2,(H,15,17). The first kappa shape index (κ1) is 13.0. The largest absolute Gasteiger partial charge is 0.507 e. The van der Waals surface area contributed by atoms with E-state index in [-0.39, 0.29) is 11.3 Å². The quantitative estimate of drug-likeness (QED) is 0.907. The summed E-state index contributed by atoms with van der Waals surface area (Å²) in [7, 11) is 0. The maximum absolute atomic E-state index is 13.4. The predicted molar refractivity (Wildman–Crippen MR) is 71.3 cm³/mol. The summed E-state index contributed by atoms with van der Waals surface area (Å²) in [6.45, 7) is 0.295. The highest BCUT2D eigenvalue weighted by molar-refractivity contribution is 9.11. The maximum atomic E-state index is 13.4. The molecular weight excluding hydrogens is 321 g/mol. The Kier molecular flexibility index (Phi) is 3.98. The van der Waals surface area contributed by atoms with Gasteiger partial charge in [0.2, 0.25) is 0 Å². The number of hydrogen-bond donors (Lipinski definition) is 2. The molecular formula is C12H9BrFNO2S. The lowest BCUT2D eigenvalue weighted by Gasteiger charge is -2.06. The summed E-state index contributed by atoms with van der Waals surface area (Å²) in [6, 6.07) is 7.48. The summed E-state index contributed by atoms with van der Waals surface area (Å²) < 4.78 is 14.4. The van der Waals surface area contributed by atoms with E-state index in [0.29, 0.717) is 6.54 Å². The minimum absolute atomic E-state index is 0.295. The van der Waals surface area contributed by atoms with Gasteiger partial charge in [0.15, 0.2) is 0 Å². The van der Waals surface area contributed by atoms with Crippen molar-refractivity contribution in [1.82, 2.24) is 5.32 Å². The van der Waals surface area contributed by atoms with Crippen molar-refractivity contribution in [2.45, 2.75) is 6.54 Å². The second-order valence-electron chi connectivity index (χ2n) is 3.52. The van der Waals surface area contributed by atoms with Crippen LogP contribution >= 0.6 is 27.3 Å². The number of rotatable bonds is 3. The molecule has 0 saturated carbocycles. The fourth-order valence-corrected chi connectivity index (χ4v) is 2.86. The summed E-state index contributed by atoms with van der Waals surface area (Å²) in [5, 5.41) is 12.0. The van der Waals surface area contributed by atoms with Crippen LogP contribution in [0.4, 0.5) is 4.39 Å². The number of carbonyl (C=O) groups is 1. The van der Waals surface area contributed by atoms with Crippen molar-refractivity contribution in [1.29, 1.82) is 0 Å². The molecule has 1 aromatic heterocycles. The smallest absolute Gasteiger partial charge is 0.258 e. The minimum Gasteiger partial charge on any atom is -0.507 e. The van der Waals surface area contributed by atoms with Crippen LogP contribution in [0.3, 0.4) is 0 Å². The first-order valence-electron chi connectivity index (χ1n) is 5.08. The zero-order chi connectivity index (χ0) is 13.1. The molecule has 0 bridgehead atoms. The fraction of sp³-hybridized carbons (Fsp3) is 0.0833. The summed E-state index contributed by atoms with van der Waals surface area (Å²) >= 11 is 4.79. The molecule has 0 aliphatic rings. The molecule has 0 unspecified atom stereocenters. The number of nitrogens with one attached hydrogen (secondary N) is 1. The fourth-order valence-electron chi connectivity index (χ4n) is 1.44. The van der Waals surface area contributed by atoms with Crippen molar-refractivity contribution in [2.24, 2.45) is 0 Å². The van der Waals surface area contributed by atoms with Gasteiger partial charge in [-0.1, -0.05) is 6.07 Å². The molecule has 0 fully saturated rings. The van der Waals surface area contributed by atoms with Gasteiger partial charge < -0.3 is 10.4 Å². The zero-order valence-corrected chi connectivity index (χ0v) is 11.5. The first-order valence-corrected chi connectivity index (χ1v) is 6.69. The average molecular weight is 330 g/mol. The molecule has 1 heterocycles. The van der Waals surface area contributed by atoms with Gasteiger partial charge in [-0.3, -0.25) is 4.79 Å². The molecule has 18 heavy (non-hydrogen) atoms. The van der Waals surface area contributed by atoms with Gasteiger partial charge in [-0.2, -0.15) is 0 Å². The van der Waals surface area contributed by atoms with Crippen LogP contribution in [-0.2, 0) is 6.54 Å². The number of amides is 1. The Morgan fingerprint density at radius 2 is 2.17 bits per heavy atom. The van der Waals surface area contributed by atoms with Crippen LogP contribution in [0.15, 0.2) is 34.1 Å². The molecule has 0 aliphatic heterocycles. The summed E-state index contributed by atoms with van der Waals surface area (Å²) in [6.07, 6.45) is 0. The van der Waals surface area contributed by atoms with Crippen LogP contribution < -0.4 is 5.32 Å². The van der Waals surface area contributed by atoms with Crippen LogP contribution in [0, 0.1) is 5.82 Å². The number of hydrogen-bond acceptors (Lipinski definition) is 3. The molecule has 0 saturated heterocycles. The molecule has 1 amide bonds. The Labute approximate surface area is 115 Å². The maximum Gasteiger partial charge on any atom is 0.258 e. The van der Waals surface area contributed by atoms with Crippen molar-refractivity contribution in [2.75, 3.05) is 0 Å². The van der Waals surface area contributed by atoms with Crippen LogP contribution in [0.1, 0.15) is 15.2 Å². The molecule has 3 nitrogen and oxygen atoms in total.